The van der Waals surface area contributed by atoms with Crippen LogP contribution in [-0.4, -0.2) is 52.5 Å². The monoisotopic (exact) mass is 594 g/mol. The van der Waals surface area contributed by atoms with E-state index >= 15 is 0 Å². The smallest absolute Gasteiger partial charge is 0.309 e. The number of anilines is 1. The lowest BCUT2D eigenvalue weighted by atomic mass is 9.95. The fourth-order valence-corrected chi connectivity index (χ4v) is 6.42. The largest absolute Gasteiger partial charge is 0.497 e. The number of nitrogens with zero attached hydrogens (tertiary/aromatic N) is 4. The Morgan fingerprint density at radius 3 is 2.46 bits per heavy atom. The molecule has 0 atom stereocenters. The molecule has 0 saturated carbocycles. The average Bonchev–Trinajstić information content (AvgIpc) is 3.24. The molecule has 0 aliphatic carbocycles. The second kappa shape index (κ2) is 13.4. The topological polar surface area (TPSA) is 105 Å². The molecule has 2 saturated heterocycles. The molecule has 2 aliphatic rings. The number of ether oxygens (including phenoxy) is 2. The van der Waals surface area contributed by atoms with Crippen molar-refractivity contribution in [2.45, 2.75) is 53.1 Å². The van der Waals surface area contributed by atoms with E-state index in [1.807, 2.05) is 31.2 Å². The fraction of sp³-hybridized carbons (Fsp3) is 0.433. The quantitative estimate of drug-likeness (QED) is 0.234. The van der Waals surface area contributed by atoms with Crippen LogP contribution < -0.4 is 15.2 Å². The molecule has 216 valence electrons. The molecule has 11 heteroatoms. The van der Waals surface area contributed by atoms with E-state index in [2.05, 4.69) is 11.0 Å². The zero-order chi connectivity index (χ0) is 29.7. The molecule has 0 spiro atoms. The van der Waals surface area contributed by atoms with Crippen LogP contribution >= 0.6 is 24.0 Å². The van der Waals surface area contributed by atoms with Crippen molar-refractivity contribution in [3.63, 3.8) is 0 Å². The van der Waals surface area contributed by atoms with Crippen molar-refractivity contribution < 1.29 is 19.1 Å². The molecule has 41 heavy (non-hydrogen) atoms. The first kappa shape index (κ1) is 30.3. The van der Waals surface area contributed by atoms with Crippen molar-refractivity contribution in [3.05, 3.63) is 61.8 Å². The number of hydrogen-bond donors (Lipinski definition) is 0. The van der Waals surface area contributed by atoms with Crippen LogP contribution in [0, 0.1) is 24.2 Å². The minimum absolute atomic E-state index is 0.0589. The number of piperidine rings is 1. The summed E-state index contributed by atoms with van der Waals surface area (Å²) in [7, 11) is 1.60. The average molecular weight is 595 g/mol. The number of carbonyl (C=O) groups is 2. The number of benzene rings is 1. The second-order valence-electron chi connectivity index (χ2n) is 9.94. The summed E-state index contributed by atoms with van der Waals surface area (Å²) in [6.07, 6.45) is 3.62. The third-order valence-corrected chi connectivity index (χ3v) is 8.73. The number of nitriles is 1. The molecule has 1 aromatic heterocycles. The maximum Gasteiger partial charge on any atom is 0.309 e. The summed E-state index contributed by atoms with van der Waals surface area (Å²) in [5.74, 6) is 0.762. The van der Waals surface area contributed by atoms with Crippen LogP contribution in [0.5, 0.6) is 5.75 Å². The third-order valence-electron chi connectivity index (χ3n) is 7.36. The Morgan fingerprint density at radius 2 is 1.88 bits per heavy atom. The Hall–Kier alpha value is -3.62. The highest BCUT2D eigenvalue weighted by molar-refractivity contribution is 8.26. The van der Waals surface area contributed by atoms with Crippen molar-refractivity contribution in [3.8, 4) is 11.8 Å². The molecule has 2 aliphatic heterocycles. The Kier molecular flexibility index (Phi) is 9.89. The van der Waals surface area contributed by atoms with Gasteiger partial charge in [-0.2, -0.15) is 5.26 Å². The summed E-state index contributed by atoms with van der Waals surface area (Å²) in [6, 6.07) is 9.54. The van der Waals surface area contributed by atoms with Crippen molar-refractivity contribution in [2.75, 3.05) is 31.7 Å². The number of methoxy groups -OCH3 is 1. The second-order valence-corrected chi connectivity index (χ2v) is 11.6. The van der Waals surface area contributed by atoms with E-state index in [1.165, 1.54) is 11.8 Å². The third kappa shape index (κ3) is 6.34. The molecule has 9 nitrogen and oxygen atoms in total. The van der Waals surface area contributed by atoms with E-state index in [-0.39, 0.29) is 28.9 Å². The predicted molar refractivity (Wildman–Crippen MR) is 164 cm³/mol. The zero-order valence-corrected chi connectivity index (χ0v) is 25.4. The Labute approximate surface area is 249 Å². The number of thioether (sulfide) groups is 1. The number of carbonyl (C=O) groups excluding carboxylic acids is 2. The predicted octanol–water partition coefficient (Wildman–Crippen LogP) is 4.63. The molecule has 0 unspecified atom stereocenters. The van der Waals surface area contributed by atoms with Gasteiger partial charge in [-0.1, -0.05) is 43.0 Å². The minimum Gasteiger partial charge on any atom is -0.497 e. The SMILES string of the molecule is CCCn1c(N2CCC(C(=O)OCC)CC2)c(C=C2SC(=S)N(Cc3ccc(OC)cc3)C2=O)c(C)c(C#N)c1=O. The van der Waals surface area contributed by atoms with Gasteiger partial charge in [0.05, 0.1) is 31.1 Å². The van der Waals surface area contributed by atoms with Crippen molar-refractivity contribution >= 4 is 52.1 Å². The van der Waals surface area contributed by atoms with E-state index in [9.17, 15) is 19.6 Å². The standard InChI is InChI=1S/C30H34N4O5S2/c1-5-13-33-26(32-14-11-21(12-15-32)29(37)39-6-2)23(19(3)24(17-31)27(33)35)16-25-28(36)34(30(40)41-25)18-20-7-9-22(38-4)10-8-20/h7-10,16,21H,5-6,11-15,18H2,1-4H3. The van der Waals surface area contributed by atoms with E-state index in [4.69, 9.17) is 21.7 Å². The van der Waals surface area contributed by atoms with Gasteiger partial charge in [0.15, 0.2) is 0 Å². The lowest BCUT2D eigenvalue weighted by molar-refractivity contribution is -0.148. The van der Waals surface area contributed by atoms with E-state index in [1.54, 1.807) is 36.5 Å². The molecule has 4 rings (SSSR count). The van der Waals surface area contributed by atoms with Crippen LogP contribution in [0.2, 0.25) is 0 Å². The van der Waals surface area contributed by atoms with Crippen molar-refractivity contribution in [1.82, 2.24) is 9.47 Å². The molecule has 0 N–H and O–H groups in total. The van der Waals surface area contributed by atoms with Gasteiger partial charge in [0.1, 0.15) is 27.5 Å². The van der Waals surface area contributed by atoms with Gasteiger partial charge < -0.3 is 14.4 Å². The zero-order valence-electron chi connectivity index (χ0n) is 23.8. The van der Waals surface area contributed by atoms with Crippen LogP contribution in [0.1, 0.15) is 55.4 Å². The highest BCUT2D eigenvalue weighted by Crippen LogP contribution is 2.37. The molecule has 2 fully saturated rings. The molecule has 1 aromatic carbocycles. The van der Waals surface area contributed by atoms with Crippen LogP contribution in [0.15, 0.2) is 34.0 Å². The molecular formula is C30H34N4O5S2. The van der Waals surface area contributed by atoms with E-state index in [0.29, 0.717) is 78.2 Å². The normalized spacial score (nSPS) is 16.8. The number of amides is 1. The minimum atomic E-state index is -0.349. The maximum atomic E-state index is 13.6. The molecule has 0 radical (unpaired) electrons. The lowest BCUT2D eigenvalue weighted by Gasteiger charge is -2.35. The Balaban J connectivity index is 1.73. The first-order valence-electron chi connectivity index (χ1n) is 13.7. The molecular weight excluding hydrogens is 560 g/mol. The summed E-state index contributed by atoms with van der Waals surface area (Å²) >= 11 is 6.79. The fourth-order valence-electron chi connectivity index (χ4n) is 5.18. The summed E-state index contributed by atoms with van der Waals surface area (Å²) in [5.41, 5.74) is 1.79. The molecule has 3 heterocycles. The summed E-state index contributed by atoms with van der Waals surface area (Å²) in [5, 5.41) is 9.90. The Bertz CT molecular complexity index is 1470. The van der Waals surface area contributed by atoms with Crippen LogP contribution in [0.3, 0.4) is 0 Å². The van der Waals surface area contributed by atoms with Gasteiger partial charge in [-0.05, 0) is 62.4 Å². The van der Waals surface area contributed by atoms with Crippen molar-refractivity contribution in [2.24, 2.45) is 5.92 Å². The number of pyridine rings is 1. The number of thiocarbonyl (C=S) groups is 1. The Morgan fingerprint density at radius 1 is 1.20 bits per heavy atom. The number of aromatic nitrogens is 1. The van der Waals surface area contributed by atoms with Gasteiger partial charge in [-0.15, -0.1) is 0 Å². The molecule has 1 amide bonds. The van der Waals surface area contributed by atoms with Gasteiger partial charge in [0.2, 0.25) is 0 Å². The number of esters is 1. The first-order valence-corrected chi connectivity index (χ1v) is 14.9. The van der Waals surface area contributed by atoms with Gasteiger partial charge in [0, 0.05) is 25.2 Å². The summed E-state index contributed by atoms with van der Waals surface area (Å²) in [6.45, 7) is 7.66. The van der Waals surface area contributed by atoms with Gasteiger partial charge in [-0.3, -0.25) is 23.9 Å². The van der Waals surface area contributed by atoms with E-state index in [0.717, 1.165) is 11.3 Å². The highest BCUT2D eigenvalue weighted by atomic mass is 32.2. The van der Waals surface area contributed by atoms with Gasteiger partial charge in [0.25, 0.3) is 11.5 Å². The van der Waals surface area contributed by atoms with E-state index < -0.39 is 0 Å². The number of hydrogen-bond acceptors (Lipinski definition) is 9. The van der Waals surface area contributed by atoms with Crippen LogP contribution in [0.4, 0.5) is 5.82 Å². The first-order chi connectivity index (χ1) is 19.7. The molecule has 2 aromatic rings. The molecule has 0 bridgehead atoms. The van der Waals surface area contributed by atoms with Crippen LogP contribution in [0.25, 0.3) is 6.08 Å². The van der Waals surface area contributed by atoms with Gasteiger partial charge in [-0.25, -0.2) is 0 Å². The summed E-state index contributed by atoms with van der Waals surface area (Å²) < 4.78 is 12.5. The van der Waals surface area contributed by atoms with Gasteiger partial charge >= 0.3 is 5.97 Å². The maximum absolute atomic E-state index is 13.6. The van der Waals surface area contributed by atoms with Crippen molar-refractivity contribution in [1.29, 1.82) is 5.26 Å². The summed E-state index contributed by atoms with van der Waals surface area (Å²) in [4.78, 5) is 43.5. The lowest BCUT2D eigenvalue weighted by Crippen LogP contribution is -2.41. The number of rotatable bonds is 9. The van der Waals surface area contributed by atoms with Crippen LogP contribution in [-0.2, 0) is 27.4 Å². The highest BCUT2D eigenvalue weighted by Gasteiger charge is 2.34.